The standard InChI is InChI=1S/C35H70O5Si5/c1-41(31-21-11-6-12-22-31)36-42(2,32-23-13-7-14-24-32)38-44(4,34-27-17-9-18-28-34)40-45(5,35-29-19-10-20-30-35)39-43(3,37-41)33-25-15-8-16-26-33/h31-35H,6-30H2,1-5H3. The summed E-state index contributed by atoms with van der Waals surface area (Å²) in [5, 5.41) is 0. The molecule has 0 aromatic heterocycles. The fourth-order valence-electron chi connectivity index (χ4n) is 11.1. The minimum Gasteiger partial charge on any atom is -0.415 e. The van der Waals surface area contributed by atoms with Gasteiger partial charge in [-0.15, -0.1) is 0 Å². The van der Waals surface area contributed by atoms with Crippen LogP contribution in [0.25, 0.3) is 0 Å². The van der Waals surface area contributed by atoms with E-state index < -0.39 is 42.8 Å². The van der Waals surface area contributed by atoms with Crippen LogP contribution in [0.5, 0.6) is 0 Å². The van der Waals surface area contributed by atoms with Crippen molar-refractivity contribution >= 4 is 42.8 Å². The molecule has 45 heavy (non-hydrogen) atoms. The van der Waals surface area contributed by atoms with Crippen molar-refractivity contribution in [2.24, 2.45) is 0 Å². The summed E-state index contributed by atoms with van der Waals surface area (Å²) in [6, 6.07) is 0. The second kappa shape index (κ2) is 15.0. The Labute approximate surface area is 283 Å². The summed E-state index contributed by atoms with van der Waals surface area (Å²) in [4.78, 5) is 0. The van der Waals surface area contributed by atoms with Gasteiger partial charge in [-0.3, -0.25) is 0 Å². The van der Waals surface area contributed by atoms with Crippen LogP contribution >= 0.6 is 0 Å². The third-order valence-corrected chi connectivity index (χ3v) is 40.3. The largest absolute Gasteiger partial charge is 0.415 e. The Balaban J connectivity index is 1.49. The Morgan fingerprint density at radius 3 is 0.511 bits per heavy atom. The van der Waals surface area contributed by atoms with Crippen LogP contribution in [0.3, 0.4) is 0 Å². The number of hydrogen-bond acceptors (Lipinski definition) is 5. The molecular weight excluding hydrogens is 641 g/mol. The first kappa shape index (κ1) is 35.7. The van der Waals surface area contributed by atoms with Crippen molar-refractivity contribution in [2.45, 2.75) is 221 Å². The Hall–Kier alpha value is 0.884. The minimum atomic E-state index is -2.67. The lowest BCUT2D eigenvalue weighted by molar-refractivity contribution is 0.181. The third-order valence-electron chi connectivity index (χ3n) is 13.8. The molecule has 0 aromatic rings. The Morgan fingerprint density at radius 2 is 0.378 bits per heavy atom. The predicted octanol–water partition coefficient (Wildman–Crippen LogP) is 12.1. The molecule has 6 aliphatic rings. The molecule has 5 saturated carbocycles. The van der Waals surface area contributed by atoms with E-state index in [4.69, 9.17) is 20.6 Å². The van der Waals surface area contributed by atoms with E-state index in [9.17, 15) is 0 Å². The lowest BCUT2D eigenvalue weighted by Crippen LogP contribution is -2.71. The molecule has 10 heteroatoms. The van der Waals surface area contributed by atoms with Crippen molar-refractivity contribution in [2.75, 3.05) is 0 Å². The lowest BCUT2D eigenvalue weighted by atomic mass is 10.0. The molecule has 0 atom stereocenters. The SMILES string of the molecule is C[Si]1(C2CCCCC2)O[Si](C)(C2CCCCC2)O[Si](C)(C2CCCCC2)O[Si](C)(C2CCCCC2)O[Si](C)(C2CCCCC2)O1. The molecule has 1 aliphatic heterocycles. The predicted molar refractivity (Wildman–Crippen MR) is 198 cm³/mol. The Morgan fingerprint density at radius 1 is 0.244 bits per heavy atom. The molecule has 1 saturated heterocycles. The van der Waals surface area contributed by atoms with E-state index in [0.29, 0.717) is 27.7 Å². The van der Waals surface area contributed by atoms with Crippen LogP contribution in [0.2, 0.25) is 60.4 Å². The maximum atomic E-state index is 8.03. The normalized spacial score (nSPS) is 43.7. The molecule has 260 valence electrons. The van der Waals surface area contributed by atoms with Gasteiger partial charge in [0.1, 0.15) is 0 Å². The fourth-order valence-corrected chi connectivity index (χ4v) is 43.8. The van der Waals surface area contributed by atoms with Gasteiger partial charge in [-0.25, -0.2) is 0 Å². The summed E-state index contributed by atoms with van der Waals surface area (Å²) in [5.74, 6) is 0. The maximum absolute atomic E-state index is 8.03. The smallest absolute Gasteiger partial charge is 0.320 e. The summed E-state index contributed by atoms with van der Waals surface area (Å²) >= 11 is 0. The zero-order chi connectivity index (χ0) is 31.6. The van der Waals surface area contributed by atoms with Crippen LogP contribution in [0.1, 0.15) is 161 Å². The van der Waals surface area contributed by atoms with Gasteiger partial charge in [-0.05, 0) is 96.9 Å². The van der Waals surface area contributed by atoms with Crippen molar-refractivity contribution in [1.82, 2.24) is 0 Å². The van der Waals surface area contributed by atoms with Crippen molar-refractivity contribution < 1.29 is 20.6 Å². The average Bonchev–Trinajstić information content (AvgIpc) is 3.06. The van der Waals surface area contributed by atoms with Crippen molar-refractivity contribution in [3.63, 3.8) is 0 Å². The van der Waals surface area contributed by atoms with E-state index in [1.165, 1.54) is 161 Å². The minimum absolute atomic E-state index is 0.565. The van der Waals surface area contributed by atoms with E-state index in [1.54, 1.807) is 0 Å². The van der Waals surface area contributed by atoms with Crippen LogP contribution in [0, 0.1) is 0 Å². The van der Waals surface area contributed by atoms with Gasteiger partial charge in [-0.2, -0.15) is 0 Å². The summed E-state index contributed by atoms with van der Waals surface area (Å²) in [6.07, 6.45) is 32.9. The molecule has 0 spiro atoms. The molecular formula is C35H70O5Si5. The summed E-state index contributed by atoms with van der Waals surface area (Å²) < 4.78 is 40.1. The van der Waals surface area contributed by atoms with Gasteiger partial charge < -0.3 is 20.6 Å². The van der Waals surface area contributed by atoms with Gasteiger partial charge in [0, 0.05) is 27.7 Å². The molecule has 0 bridgehead atoms. The van der Waals surface area contributed by atoms with Crippen molar-refractivity contribution in [3.05, 3.63) is 0 Å². The first-order valence-corrected chi connectivity index (χ1v) is 32.0. The van der Waals surface area contributed by atoms with Gasteiger partial charge >= 0.3 is 42.8 Å². The highest BCUT2D eigenvalue weighted by molar-refractivity contribution is 6.95. The van der Waals surface area contributed by atoms with E-state index in [2.05, 4.69) is 32.7 Å². The molecule has 0 aromatic carbocycles. The highest BCUT2D eigenvalue weighted by Crippen LogP contribution is 2.54. The van der Waals surface area contributed by atoms with Gasteiger partial charge in [0.25, 0.3) is 0 Å². The zero-order valence-electron chi connectivity index (χ0n) is 30.1. The molecule has 0 amide bonds. The molecule has 5 nitrogen and oxygen atoms in total. The number of rotatable bonds is 5. The first-order chi connectivity index (χ1) is 21.6. The van der Waals surface area contributed by atoms with Crippen LogP contribution in [0.15, 0.2) is 0 Å². The second-order valence-electron chi connectivity index (χ2n) is 17.3. The van der Waals surface area contributed by atoms with Crippen LogP contribution < -0.4 is 0 Å². The van der Waals surface area contributed by atoms with Gasteiger partial charge in [0.05, 0.1) is 0 Å². The zero-order valence-corrected chi connectivity index (χ0v) is 35.1. The molecule has 0 unspecified atom stereocenters. The van der Waals surface area contributed by atoms with E-state index >= 15 is 0 Å². The molecule has 0 radical (unpaired) electrons. The van der Waals surface area contributed by atoms with E-state index in [0.717, 1.165) is 0 Å². The summed E-state index contributed by atoms with van der Waals surface area (Å²) in [7, 11) is -13.4. The van der Waals surface area contributed by atoms with Crippen LogP contribution in [-0.4, -0.2) is 42.8 Å². The highest BCUT2D eigenvalue weighted by atomic mass is 28.5. The maximum Gasteiger partial charge on any atom is 0.320 e. The van der Waals surface area contributed by atoms with Crippen LogP contribution in [-0.2, 0) is 20.6 Å². The van der Waals surface area contributed by atoms with Gasteiger partial charge in [0.2, 0.25) is 0 Å². The Kier molecular flexibility index (Phi) is 11.9. The highest BCUT2D eigenvalue weighted by Gasteiger charge is 2.64. The second-order valence-corrected chi connectivity index (χ2v) is 35.6. The third kappa shape index (κ3) is 8.11. The van der Waals surface area contributed by atoms with Crippen LogP contribution in [0.4, 0.5) is 0 Å². The lowest BCUT2D eigenvalue weighted by Gasteiger charge is -2.57. The van der Waals surface area contributed by atoms with E-state index in [-0.39, 0.29) is 0 Å². The summed E-state index contributed by atoms with van der Waals surface area (Å²) in [6.45, 7) is 12.6. The molecule has 6 rings (SSSR count). The fraction of sp³-hybridized carbons (Fsp3) is 1.00. The van der Waals surface area contributed by atoms with Gasteiger partial charge in [-0.1, -0.05) is 96.3 Å². The quantitative estimate of drug-likeness (QED) is 0.266. The average molecular weight is 711 g/mol. The van der Waals surface area contributed by atoms with Gasteiger partial charge in [0.15, 0.2) is 0 Å². The first-order valence-electron chi connectivity index (χ1n) is 20.1. The van der Waals surface area contributed by atoms with E-state index in [1.807, 2.05) is 0 Å². The molecule has 1 heterocycles. The van der Waals surface area contributed by atoms with Crippen molar-refractivity contribution in [3.8, 4) is 0 Å². The summed E-state index contributed by atoms with van der Waals surface area (Å²) in [5.41, 5.74) is 2.82. The van der Waals surface area contributed by atoms with Crippen molar-refractivity contribution in [1.29, 1.82) is 0 Å². The Bertz CT molecular complexity index is 755. The molecule has 5 aliphatic carbocycles. The monoisotopic (exact) mass is 710 g/mol. The topological polar surface area (TPSA) is 46.2 Å². The number of hydrogen-bond donors (Lipinski definition) is 0. The molecule has 0 N–H and O–H groups in total. The molecule has 6 fully saturated rings.